The minimum atomic E-state index is 0.0687. The SMILES string of the molecule is COCCC1CCCN(CCC[O])C1. The van der Waals surface area contributed by atoms with Crippen LogP contribution in [-0.4, -0.2) is 44.9 Å². The van der Waals surface area contributed by atoms with E-state index in [2.05, 4.69) is 4.90 Å². The first-order valence-electron chi connectivity index (χ1n) is 5.66. The summed E-state index contributed by atoms with van der Waals surface area (Å²) in [6.07, 6.45) is 4.59. The number of ether oxygens (including phenoxy) is 1. The van der Waals surface area contributed by atoms with Gasteiger partial charge in [0.1, 0.15) is 0 Å². The Kier molecular flexibility index (Phi) is 6.15. The van der Waals surface area contributed by atoms with Crippen LogP contribution in [0.5, 0.6) is 0 Å². The lowest BCUT2D eigenvalue weighted by molar-refractivity contribution is 0.113. The van der Waals surface area contributed by atoms with Crippen LogP contribution in [0.15, 0.2) is 0 Å². The third-order valence-corrected chi connectivity index (χ3v) is 2.95. The van der Waals surface area contributed by atoms with Crippen LogP contribution >= 0.6 is 0 Å². The summed E-state index contributed by atoms with van der Waals surface area (Å²) in [5.74, 6) is 0.787. The van der Waals surface area contributed by atoms with Crippen molar-refractivity contribution in [3.8, 4) is 0 Å². The highest BCUT2D eigenvalue weighted by molar-refractivity contribution is 4.72. The molecule has 0 aliphatic carbocycles. The molecule has 14 heavy (non-hydrogen) atoms. The van der Waals surface area contributed by atoms with Crippen molar-refractivity contribution in [2.45, 2.75) is 25.7 Å². The second-order valence-electron chi connectivity index (χ2n) is 4.15. The standard InChI is InChI=1S/C11H22NO2/c1-14-9-5-11-4-2-6-12(10-11)7-3-8-13/h11H,2-10H2,1H3. The van der Waals surface area contributed by atoms with Crippen LogP contribution in [0.4, 0.5) is 0 Å². The summed E-state index contributed by atoms with van der Waals surface area (Å²) >= 11 is 0. The Morgan fingerprint density at radius 2 is 2.36 bits per heavy atom. The van der Waals surface area contributed by atoms with Gasteiger partial charge in [0, 0.05) is 26.8 Å². The lowest BCUT2D eigenvalue weighted by Crippen LogP contribution is -2.36. The average Bonchev–Trinajstić information content (AvgIpc) is 2.24. The minimum absolute atomic E-state index is 0.0687. The molecule has 0 saturated carbocycles. The monoisotopic (exact) mass is 200 g/mol. The average molecular weight is 200 g/mol. The van der Waals surface area contributed by atoms with Crippen LogP contribution in [0.2, 0.25) is 0 Å². The molecule has 1 atom stereocenters. The summed E-state index contributed by atoms with van der Waals surface area (Å²) in [5, 5.41) is 10.4. The van der Waals surface area contributed by atoms with Crippen LogP contribution in [0.1, 0.15) is 25.7 Å². The van der Waals surface area contributed by atoms with E-state index in [9.17, 15) is 5.11 Å². The van der Waals surface area contributed by atoms with E-state index in [1.165, 1.54) is 32.4 Å². The molecule has 1 rings (SSSR count). The maximum absolute atomic E-state index is 10.4. The second-order valence-corrected chi connectivity index (χ2v) is 4.15. The molecule has 0 aromatic carbocycles. The Morgan fingerprint density at radius 3 is 3.07 bits per heavy atom. The summed E-state index contributed by atoms with van der Waals surface area (Å²) in [4.78, 5) is 2.43. The van der Waals surface area contributed by atoms with Crippen molar-refractivity contribution < 1.29 is 9.84 Å². The third kappa shape index (κ3) is 4.40. The van der Waals surface area contributed by atoms with Crippen molar-refractivity contribution in [1.82, 2.24) is 4.90 Å². The van der Waals surface area contributed by atoms with Gasteiger partial charge in [-0.1, -0.05) is 0 Å². The molecule has 0 spiro atoms. The fraction of sp³-hybridized carbons (Fsp3) is 1.00. The highest BCUT2D eigenvalue weighted by Gasteiger charge is 2.18. The van der Waals surface area contributed by atoms with E-state index in [1.807, 2.05) is 0 Å². The van der Waals surface area contributed by atoms with Crippen molar-refractivity contribution in [2.24, 2.45) is 5.92 Å². The van der Waals surface area contributed by atoms with E-state index in [4.69, 9.17) is 4.74 Å². The first kappa shape index (κ1) is 12.0. The summed E-state index contributed by atoms with van der Waals surface area (Å²) in [6, 6.07) is 0. The summed E-state index contributed by atoms with van der Waals surface area (Å²) in [6.45, 7) is 4.29. The van der Waals surface area contributed by atoms with Gasteiger partial charge < -0.3 is 9.64 Å². The summed E-state index contributed by atoms with van der Waals surface area (Å²) in [5.41, 5.74) is 0. The zero-order chi connectivity index (χ0) is 10.2. The Balaban J connectivity index is 2.14. The summed E-state index contributed by atoms with van der Waals surface area (Å²) in [7, 11) is 1.76. The largest absolute Gasteiger partial charge is 0.385 e. The Bertz CT molecular complexity index is 127. The number of rotatable bonds is 6. The molecule has 83 valence electrons. The van der Waals surface area contributed by atoms with Gasteiger partial charge in [-0.3, -0.25) is 0 Å². The number of piperidine rings is 1. The molecule has 1 aliphatic heterocycles. The van der Waals surface area contributed by atoms with Crippen molar-refractivity contribution in [2.75, 3.05) is 40.0 Å². The van der Waals surface area contributed by atoms with Crippen LogP contribution in [0.3, 0.4) is 0 Å². The first-order valence-corrected chi connectivity index (χ1v) is 5.66. The molecule has 1 aliphatic rings. The molecular formula is C11H22NO2. The van der Waals surface area contributed by atoms with Gasteiger partial charge in [0.2, 0.25) is 0 Å². The van der Waals surface area contributed by atoms with Gasteiger partial charge in [0.05, 0.1) is 6.61 Å². The molecule has 0 aromatic rings. The van der Waals surface area contributed by atoms with Crippen LogP contribution in [-0.2, 0) is 9.84 Å². The molecule has 0 aromatic heterocycles. The number of likely N-dealkylation sites (tertiary alicyclic amines) is 1. The van der Waals surface area contributed by atoms with E-state index >= 15 is 0 Å². The van der Waals surface area contributed by atoms with Crippen molar-refractivity contribution >= 4 is 0 Å². The molecule has 3 heteroatoms. The fourth-order valence-electron chi connectivity index (χ4n) is 2.16. The van der Waals surface area contributed by atoms with Crippen molar-refractivity contribution in [3.63, 3.8) is 0 Å². The van der Waals surface area contributed by atoms with Crippen LogP contribution < -0.4 is 0 Å². The van der Waals surface area contributed by atoms with Gasteiger partial charge in [-0.25, -0.2) is 5.11 Å². The third-order valence-electron chi connectivity index (χ3n) is 2.95. The first-order chi connectivity index (χ1) is 6.86. The van der Waals surface area contributed by atoms with E-state index in [0.717, 1.165) is 25.5 Å². The highest BCUT2D eigenvalue weighted by atomic mass is 16.5. The van der Waals surface area contributed by atoms with E-state index in [-0.39, 0.29) is 6.61 Å². The Morgan fingerprint density at radius 1 is 1.50 bits per heavy atom. The topological polar surface area (TPSA) is 32.4 Å². The van der Waals surface area contributed by atoms with Crippen LogP contribution in [0, 0.1) is 5.92 Å². The number of hydrogen-bond donors (Lipinski definition) is 0. The molecule has 1 radical (unpaired) electrons. The second kappa shape index (κ2) is 7.21. The zero-order valence-electron chi connectivity index (χ0n) is 9.21. The fourth-order valence-corrected chi connectivity index (χ4v) is 2.16. The predicted octanol–water partition coefficient (Wildman–Crippen LogP) is 1.56. The van der Waals surface area contributed by atoms with Crippen LogP contribution in [0.25, 0.3) is 0 Å². The molecule has 1 unspecified atom stereocenters. The molecule has 0 amide bonds. The molecule has 1 heterocycles. The van der Waals surface area contributed by atoms with Gasteiger partial charge in [-0.15, -0.1) is 0 Å². The van der Waals surface area contributed by atoms with Crippen molar-refractivity contribution in [1.29, 1.82) is 0 Å². The molecule has 0 bridgehead atoms. The smallest absolute Gasteiger partial charge is 0.0834 e. The lowest BCUT2D eigenvalue weighted by atomic mass is 9.95. The Labute approximate surface area is 87.1 Å². The summed E-state index contributed by atoms with van der Waals surface area (Å²) < 4.78 is 5.09. The van der Waals surface area contributed by atoms with E-state index < -0.39 is 0 Å². The van der Waals surface area contributed by atoms with Crippen molar-refractivity contribution in [3.05, 3.63) is 0 Å². The molecular weight excluding hydrogens is 178 g/mol. The quantitative estimate of drug-likeness (QED) is 0.651. The van der Waals surface area contributed by atoms with Gasteiger partial charge in [-0.2, -0.15) is 0 Å². The minimum Gasteiger partial charge on any atom is -0.385 e. The van der Waals surface area contributed by atoms with E-state index in [1.54, 1.807) is 7.11 Å². The predicted molar refractivity (Wildman–Crippen MR) is 55.8 cm³/mol. The van der Waals surface area contributed by atoms with Gasteiger partial charge in [0.25, 0.3) is 0 Å². The maximum atomic E-state index is 10.4. The van der Waals surface area contributed by atoms with E-state index in [0.29, 0.717) is 0 Å². The molecule has 3 nitrogen and oxygen atoms in total. The van der Waals surface area contributed by atoms with Gasteiger partial charge in [-0.05, 0) is 38.1 Å². The molecule has 0 N–H and O–H groups in total. The maximum Gasteiger partial charge on any atom is 0.0834 e. The number of hydrogen-bond acceptors (Lipinski definition) is 2. The van der Waals surface area contributed by atoms with Gasteiger partial charge in [0.15, 0.2) is 0 Å². The Hall–Kier alpha value is -0.120. The van der Waals surface area contributed by atoms with Gasteiger partial charge >= 0.3 is 0 Å². The zero-order valence-corrected chi connectivity index (χ0v) is 9.21. The molecule has 1 fully saturated rings. The number of nitrogens with zero attached hydrogens (tertiary/aromatic N) is 1. The number of methoxy groups -OCH3 is 1. The normalized spacial score (nSPS) is 24.0. The molecule has 1 saturated heterocycles. The lowest BCUT2D eigenvalue weighted by Gasteiger charge is -2.32. The highest BCUT2D eigenvalue weighted by Crippen LogP contribution is 2.19.